The van der Waals surface area contributed by atoms with Crippen LogP contribution >= 0.6 is 11.3 Å². The highest BCUT2D eigenvalue weighted by atomic mass is 32.1. The van der Waals surface area contributed by atoms with Crippen LogP contribution in [0.5, 0.6) is 0 Å². The number of anilines is 2. The van der Waals surface area contributed by atoms with Gasteiger partial charge >= 0.3 is 12.0 Å². The van der Waals surface area contributed by atoms with Crippen LogP contribution in [0.1, 0.15) is 10.4 Å². The first kappa shape index (κ1) is 13.9. The number of urea groups is 1. The number of para-hydroxylation sites is 1. The zero-order valence-electron chi connectivity index (χ0n) is 9.81. The molecule has 5 nitrogen and oxygen atoms in total. The third kappa shape index (κ3) is 2.91. The lowest BCUT2D eigenvalue weighted by molar-refractivity contribution is 0.0698. The Morgan fingerprint density at radius 3 is 2.35 bits per heavy atom. The molecule has 0 aliphatic carbocycles. The van der Waals surface area contributed by atoms with E-state index in [0.29, 0.717) is 0 Å². The van der Waals surface area contributed by atoms with E-state index in [1.807, 2.05) is 5.32 Å². The van der Waals surface area contributed by atoms with E-state index in [2.05, 4.69) is 5.32 Å². The topological polar surface area (TPSA) is 78.4 Å². The summed E-state index contributed by atoms with van der Waals surface area (Å²) < 4.78 is 26.6. The molecule has 0 saturated carbocycles. The number of thiophene rings is 1. The molecule has 1 aromatic heterocycles. The van der Waals surface area contributed by atoms with Crippen LogP contribution in [0, 0.1) is 11.6 Å². The molecule has 0 aliphatic rings. The quantitative estimate of drug-likeness (QED) is 0.813. The first-order valence-corrected chi connectivity index (χ1v) is 6.20. The van der Waals surface area contributed by atoms with Crippen molar-refractivity contribution in [1.29, 1.82) is 0 Å². The van der Waals surface area contributed by atoms with Crippen LogP contribution in [0.15, 0.2) is 29.6 Å². The second-order valence-electron chi connectivity index (χ2n) is 3.64. The van der Waals surface area contributed by atoms with Crippen LogP contribution < -0.4 is 10.6 Å². The van der Waals surface area contributed by atoms with Crippen LogP contribution in [0.25, 0.3) is 0 Å². The number of hydrogen-bond acceptors (Lipinski definition) is 3. The maximum atomic E-state index is 13.3. The van der Waals surface area contributed by atoms with Gasteiger partial charge in [0.25, 0.3) is 0 Å². The smallest absolute Gasteiger partial charge is 0.338 e. The summed E-state index contributed by atoms with van der Waals surface area (Å²) in [7, 11) is 0. The second kappa shape index (κ2) is 5.66. The molecule has 0 aliphatic heterocycles. The Balaban J connectivity index is 2.14. The number of halogens is 2. The molecule has 20 heavy (non-hydrogen) atoms. The van der Waals surface area contributed by atoms with Gasteiger partial charge < -0.3 is 10.4 Å². The van der Waals surface area contributed by atoms with Crippen LogP contribution in [0.2, 0.25) is 0 Å². The molecule has 0 saturated heterocycles. The third-order valence-electron chi connectivity index (χ3n) is 2.32. The number of benzene rings is 1. The first-order valence-electron chi connectivity index (χ1n) is 5.32. The van der Waals surface area contributed by atoms with Crippen molar-refractivity contribution >= 4 is 34.0 Å². The molecule has 1 heterocycles. The average Bonchev–Trinajstić information content (AvgIpc) is 2.82. The molecule has 0 atom stereocenters. The monoisotopic (exact) mass is 298 g/mol. The average molecular weight is 298 g/mol. The van der Waals surface area contributed by atoms with Crippen LogP contribution in [0.4, 0.5) is 24.3 Å². The van der Waals surface area contributed by atoms with E-state index in [1.165, 1.54) is 11.4 Å². The lowest BCUT2D eigenvalue weighted by atomic mass is 10.3. The van der Waals surface area contributed by atoms with Crippen molar-refractivity contribution < 1.29 is 23.5 Å². The minimum Gasteiger partial charge on any atom is -0.478 e. The van der Waals surface area contributed by atoms with Crippen molar-refractivity contribution in [1.82, 2.24) is 0 Å². The lowest BCUT2D eigenvalue weighted by Gasteiger charge is -2.08. The van der Waals surface area contributed by atoms with Gasteiger partial charge in [-0.3, -0.25) is 5.32 Å². The molecule has 3 N–H and O–H groups in total. The molecule has 0 bridgehead atoms. The zero-order chi connectivity index (χ0) is 14.7. The molecule has 1 aromatic carbocycles. The standard InChI is InChI=1S/C12H8F2N2O3S/c13-7-2-1-3-8(14)9(7)15-12(19)16-10-6(11(17)18)4-5-20-10/h1-5H,(H,17,18)(H2,15,16,19). The van der Waals surface area contributed by atoms with Gasteiger partial charge in [-0.2, -0.15) is 0 Å². The van der Waals surface area contributed by atoms with E-state index in [0.717, 1.165) is 29.5 Å². The summed E-state index contributed by atoms with van der Waals surface area (Å²) in [5.41, 5.74) is -0.697. The predicted molar refractivity (Wildman–Crippen MR) is 70.3 cm³/mol. The van der Waals surface area contributed by atoms with Crippen LogP contribution in [-0.4, -0.2) is 17.1 Å². The fourth-order valence-electron chi connectivity index (χ4n) is 1.44. The van der Waals surface area contributed by atoms with Gasteiger partial charge in [-0.25, -0.2) is 18.4 Å². The molecule has 8 heteroatoms. The van der Waals surface area contributed by atoms with Crippen LogP contribution in [0.3, 0.4) is 0 Å². The number of carboxylic acids is 1. The minimum atomic E-state index is -1.21. The highest BCUT2D eigenvalue weighted by Gasteiger charge is 2.16. The largest absolute Gasteiger partial charge is 0.478 e. The molecule has 2 aromatic rings. The number of rotatable bonds is 3. The molecule has 0 unspecified atom stereocenters. The predicted octanol–water partition coefficient (Wildman–Crippen LogP) is 3.37. The Labute approximate surface area is 115 Å². The number of carbonyl (C=O) groups excluding carboxylic acids is 1. The Morgan fingerprint density at radius 1 is 1.10 bits per heavy atom. The number of aromatic carboxylic acids is 1. The molecule has 2 rings (SSSR count). The molecule has 2 amide bonds. The van der Waals surface area contributed by atoms with Gasteiger partial charge in [0.1, 0.15) is 22.3 Å². The van der Waals surface area contributed by atoms with E-state index < -0.39 is 29.3 Å². The van der Waals surface area contributed by atoms with Gasteiger partial charge in [0.2, 0.25) is 0 Å². The summed E-state index contributed by atoms with van der Waals surface area (Å²) in [6, 6.07) is 3.53. The van der Waals surface area contributed by atoms with E-state index in [4.69, 9.17) is 5.11 Å². The Hall–Kier alpha value is -2.48. The molecule has 104 valence electrons. The van der Waals surface area contributed by atoms with Gasteiger partial charge in [-0.15, -0.1) is 11.3 Å². The molecule has 0 fully saturated rings. The minimum absolute atomic E-state index is 0.0757. The van der Waals surface area contributed by atoms with Crippen molar-refractivity contribution in [2.45, 2.75) is 0 Å². The van der Waals surface area contributed by atoms with E-state index in [9.17, 15) is 18.4 Å². The van der Waals surface area contributed by atoms with Crippen molar-refractivity contribution in [3.8, 4) is 0 Å². The summed E-state index contributed by atoms with van der Waals surface area (Å²) in [4.78, 5) is 22.5. The van der Waals surface area contributed by atoms with Crippen LogP contribution in [-0.2, 0) is 0 Å². The molecular formula is C12H8F2N2O3S. The Kier molecular flexibility index (Phi) is 3.94. The van der Waals surface area contributed by atoms with Gasteiger partial charge in [0, 0.05) is 0 Å². The Morgan fingerprint density at radius 2 is 1.75 bits per heavy atom. The second-order valence-corrected chi connectivity index (χ2v) is 4.56. The van der Waals surface area contributed by atoms with Gasteiger partial charge in [0.05, 0.1) is 5.56 Å². The summed E-state index contributed by atoms with van der Waals surface area (Å²) in [5.74, 6) is -3.06. The SMILES string of the molecule is O=C(Nc1sccc1C(=O)O)Nc1c(F)cccc1F. The van der Waals surface area contributed by atoms with E-state index in [1.54, 1.807) is 0 Å². The number of nitrogens with one attached hydrogen (secondary N) is 2. The Bertz CT molecular complexity index is 652. The number of carbonyl (C=O) groups is 2. The number of carboxylic acid groups (broad SMARTS) is 1. The summed E-state index contributed by atoms with van der Waals surface area (Å²) in [6.45, 7) is 0. The van der Waals surface area contributed by atoms with Crippen molar-refractivity contribution in [3.05, 3.63) is 46.8 Å². The van der Waals surface area contributed by atoms with Gasteiger partial charge in [0.15, 0.2) is 0 Å². The molecule has 0 radical (unpaired) electrons. The number of hydrogen-bond donors (Lipinski definition) is 3. The lowest BCUT2D eigenvalue weighted by Crippen LogP contribution is -2.21. The highest BCUT2D eigenvalue weighted by molar-refractivity contribution is 7.14. The normalized spacial score (nSPS) is 10.1. The summed E-state index contributed by atoms with van der Waals surface area (Å²) >= 11 is 0.985. The van der Waals surface area contributed by atoms with Crippen molar-refractivity contribution in [2.75, 3.05) is 10.6 Å². The van der Waals surface area contributed by atoms with Gasteiger partial charge in [-0.05, 0) is 23.6 Å². The zero-order valence-corrected chi connectivity index (χ0v) is 10.6. The van der Waals surface area contributed by atoms with E-state index >= 15 is 0 Å². The maximum Gasteiger partial charge on any atom is 0.338 e. The highest BCUT2D eigenvalue weighted by Crippen LogP contribution is 2.24. The molecule has 0 spiro atoms. The third-order valence-corrected chi connectivity index (χ3v) is 3.15. The van der Waals surface area contributed by atoms with Crippen molar-refractivity contribution in [2.24, 2.45) is 0 Å². The fourth-order valence-corrected chi connectivity index (χ4v) is 2.21. The fraction of sp³-hybridized carbons (Fsp3) is 0. The molecular weight excluding hydrogens is 290 g/mol. The summed E-state index contributed by atoms with van der Waals surface area (Å²) in [5, 5.41) is 14.6. The van der Waals surface area contributed by atoms with Gasteiger partial charge in [-0.1, -0.05) is 6.07 Å². The summed E-state index contributed by atoms with van der Waals surface area (Å²) in [6.07, 6.45) is 0. The number of amides is 2. The van der Waals surface area contributed by atoms with E-state index in [-0.39, 0.29) is 10.6 Å². The maximum absolute atomic E-state index is 13.3. The first-order chi connectivity index (χ1) is 9.49. The van der Waals surface area contributed by atoms with Crippen molar-refractivity contribution in [3.63, 3.8) is 0 Å².